The van der Waals surface area contributed by atoms with Crippen molar-refractivity contribution in [2.24, 2.45) is 5.92 Å². The molecule has 126 valence electrons. The van der Waals surface area contributed by atoms with Gasteiger partial charge in [-0.05, 0) is 19.3 Å². The number of hydrogen-bond donors (Lipinski definition) is 1. The molecule has 0 aromatic heterocycles. The minimum atomic E-state index is -0.529. The zero-order valence-electron chi connectivity index (χ0n) is 13.4. The van der Waals surface area contributed by atoms with Crippen LogP contribution >= 0.6 is 0 Å². The summed E-state index contributed by atoms with van der Waals surface area (Å²) in [7, 11) is 1.61. The molecule has 23 heavy (non-hydrogen) atoms. The summed E-state index contributed by atoms with van der Waals surface area (Å²) in [6.07, 6.45) is 4.13. The fraction of sp³-hybridized carbons (Fsp3) is 0.812. The molecule has 3 heterocycles. The van der Waals surface area contributed by atoms with Crippen LogP contribution in [0.15, 0.2) is 0 Å². The molecule has 1 N–H and O–H groups in total. The highest BCUT2D eigenvalue weighted by molar-refractivity contribution is 5.99. The van der Waals surface area contributed by atoms with Crippen LogP contribution in [0.1, 0.15) is 32.1 Å². The predicted molar refractivity (Wildman–Crippen MR) is 80.3 cm³/mol. The van der Waals surface area contributed by atoms with Crippen LogP contribution in [-0.2, 0) is 19.1 Å². The third-order valence-corrected chi connectivity index (χ3v) is 5.90. The second kappa shape index (κ2) is 5.47. The van der Waals surface area contributed by atoms with Gasteiger partial charge in [0.25, 0.3) is 0 Å². The first-order valence-electron chi connectivity index (χ1n) is 8.54. The Morgan fingerprint density at radius 1 is 1.17 bits per heavy atom. The van der Waals surface area contributed by atoms with Crippen molar-refractivity contribution in [2.45, 2.75) is 56.3 Å². The normalized spacial score (nSPS) is 36.7. The first-order valence-corrected chi connectivity index (χ1v) is 8.54. The first kappa shape index (κ1) is 14.9. The summed E-state index contributed by atoms with van der Waals surface area (Å²) >= 11 is 0. The number of nitrogens with zero attached hydrogens (tertiary/aromatic N) is 2. The maximum atomic E-state index is 12.9. The Morgan fingerprint density at radius 2 is 1.96 bits per heavy atom. The van der Waals surface area contributed by atoms with Crippen molar-refractivity contribution < 1.29 is 19.1 Å². The van der Waals surface area contributed by atoms with E-state index in [0.717, 1.165) is 19.3 Å². The summed E-state index contributed by atoms with van der Waals surface area (Å²) in [5, 5.41) is 3.02. The number of rotatable bonds is 3. The van der Waals surface area contributed by atoms with Crippen molar-refractivity contribution in [3.8, 4) is 0 Å². The fourth-order valence-electron chi connectivity index (χ4n) is 4.27. The maximum Gasteiger partial charge on any atom is 0.248 e. The minimum absolute atomic E-state index is 0.00884. The topological polar surface area (TPSA) is 79.0 Å². The Balaban J connectivity index is 1.50. The van der Waals surface area contributed by atoms with E-state index < -0.39 is 6.04 Å². The second-order valence-electron chi connectivity index (χ2n) is 7.11. The number of hydrogen-bond acceptors (Lipinski definition) is 4. The van der Waals surface area contributed by atoms with E-state index in [2.05, 4.69) is 5.32 Å². The predicted octanol–water partition coefficient (Wildman–Crippen LogP) is -0.498. The van der Waals surface area contributed by atoms with Crippen LogP contribution < -0.4 is 5.32 Å². The van der Waals surface area contributed by atoms with Crippen LogP contribution in [0.2, 0.25) is 0 Å². The number of methoxy groups -OCH3 is 1. The monoisotopic (exact) mass is 321 g/mol. The minimum Gasteiger partial charge on any atom is -0.380 e. The Hall–Kier alpha value is -1.63. The molecule has 1 aliphatic carbocycles. The van der Waals surface area contributed by atoms with E-state index in [4.69, 9.17) is 4.74 Å². The van der Waals surface area contributed by atoms with E-state index in [0.29, 0.717) is 25.9 Å². The first-order chi connectivity index (χ1) is 11.1. The Kier molecular flexibility index (Phi) is 3.55. The summed E-state index contributed by atoms with van der Waals surface area (Å²) in [6, 6.07) is -1.16. The average Bonchev–Trinajstić information content (AvgIpc) is 3.07. The number of fused-ring (bicyclic) bond motifs is 2. The average molecular weight is 321 g/mol. The summed E-state index contributed by atoms with van der Waals surface area (Å²) in [5.74, 6) is 0.109. The van der Waals surface area contributed by atoms with Gasteiger partial charge in [-0.2, -0.15) is 0 Å². The molecule has 4 unspecified atom stereocenters. The molecule has 3 amide bonds. The van der Waals surface area contributed by atoms with Crippen molar-refractivity contribution >= 4 is 17.7 Å². The molecule has 1 saturated carbocycles. The van der Waals surface area contributed by atoms with Crippen LogP contribution in [0.3, 0.4) is 0 Å². The number of ether oxygens (including phenoxy) is 1. The summed E-state index contributed by atoms with van der Waals surface area (Å²) in [6.45, 7) is 1.02. The van der Waals surface area contributed by atoms with Crippen molar-refractivity contribution in [1.29, 1.82) is 0 Å². The highest BCUT2D eigenvalue weighted by atomic mass is 16.5. The van der Waals surface area contributed by atoms with Crippen LogP contribution in [0.25, 0.3) is 0 Å². The Labute approximate surface area is 135 Å². The van der Waals surface area contributed by atoms with Crippen LogP contribution in [-0.4, -0.2) is 72.0 Å². The fourth-order valence-corrected chi connectivity index (χ4v) is 4.27. The van der Waals surface area contributed by atoms with E-state index in [-0.39, 0.29) is 41.8 Å². The molecule has 0 bridgehead atoms. The molecular weight excluding hydrogens is 298 g/mol. The van der Waals surface area contributed by atoms with Gasteiger partial charge in [-0.25, -0.2) is 0 Å². The lowest BCUT2D eigenvalue weighted by atomic mass is 9.84. The quantitative estimate of drug-likeness (QED) is 0.760. The van der Waals surface area contributed by atoms with Gasteiger partial charge < -0.3 is 19.9 Å². The van der Waals surface area contributed by atoms with Gasteiger partial charge in [-0.3, -0.25) is 14.4 Å². The highest BCUT2D eigenvalue weighted by Crippen LogP contribution is 2.34. The second-order valence-corrected chi connectivity index (χ2v) is 7.11. The molecule has 7 nitrogen and oxygen atoms in total. The molecule has 4 rings (SSSR count). The van der Waals surface area contributed by atoms with Crippen molar-refractivity contribution in [1.82, 2.24) is 15.1 Å². The third-order valence-electron chi connectivity index (χ3n) is 5.90. The van der Waals surface area contributed by atoms with Crippen molar-refractivity contribution in [2.75, 3.05) is 20.2 Å². The maximum absolute atomic E-state index is 12.9. The molecule has 0 spiro atoms. The Morgan fingerprint density at radius 3 is 2.61 bits per heavy atom. The van der Waals surface area contributed by atoms with Crippen LogP contribution in [0.4, 0.5) is 0 Å². The van der Waals surface area contributed by atoms with E-state index in [1.54, 1.807) is 16.9 Å². The lowest BCUT2D eigenvalue weighted by molar-refractivity contribution is -0.157. The van der Waals surface area contributed by atoms with Gasteiger partial charge in [0.1, 0.15) is 12.1 Å². The van der Waals surface area contributed by atoms with Crippen molar-refractivity contribution in [3.05, 3.63) is 0 Å². The Bertz CT molecular complexity index is 547. The molecule has 3 aliphatic heterocycles. The van der Waals surface area contributed by atoms with Gasteiger partial charge in [0, 0.05) is 32.5 Å². The molecule has 4 atom stereocenters. The largest absolute Gasteiger partial charge is 0.380 e. The molecule has 4 fully saturated rings. The molecule has 0 radical (unpaired) electrons. The number of carbonyl (C=O) groups excluding carboxylic acids is 3. The lowest BCUT2D eigenvalue weighted by Crippen LogP contribution is -2.64. The van der Waals surface area contributed by atoms with E-state index in [9.17, 15) is 14.4 Å². The molecule has 4 aliphatic rings. The summed E-state index contributed by atoms with van der Waals surface area (Å²) in [5.41, 5.74) is 0. The lowest BCUT2D eigenvalue weighted by Gasteiger charge is -2.40. The van der Waals surface area contributed by atoms with Crippen LogP contribution in [0, 0.1) is 5.92 Å². The van der Waals surface area contributed by atoms with Crippen LogP contribution in [0.5, 0.6) is 0 Å². The van der Waals surface area contributed by atoms with Gasteiger partial charge >= 0.3 is 0 Å². The van der Waals surface area contributed by atoms with Crippen molar-refractivity contribution in [3.63, 3.8) is 0 Å². The zero-order chi connectivity index (χ0) is 16.1. The smallest absolute Gasteiger partial charge is 0.248 e. The zero-order valence-corrected chi connectivity index (χ0v) is 13.4. The SMILES string of the molecule is COC1CC2C(=O)N3CCC(NC(=O)C4CCC4)C3C(=O)N2C1. The van der Waals surface area contributed by atoms with Gasteiger partial charge in [0.15, 0.2) is 0 Å². The van der Waals surface area contributed by atoms with E-state index in [1.807, 2.05) is 0 Å². The van der Waals surface area contributed by atoms with Gasteiger partial charge in [0.2, 0.25) is 17.7 Å². The molecule has 0 aromatic rings. The van der Waals surface area contributed by atoms with Gasteiger partial charge in [0.05, 0.1) is 12.1 Å². The van der Waals surface area contributed by atoms with Gasteiger partial charge in [-0.15, -0.1) is 0 Å². The van der Waals surface area contributed by atoms with E-state index in [1.165, 1.54) is 0 Å². The van der Waals surface area contributed by atoms with Gasteiger partial charge in [-0.1, -0.05) is 6.42 Å². The molecular formula is C16H23N3O4. The number of piperazine rings is 1. The van der Waals surface area contributed by atoms with E-state index >= 15 is 0 Å². The summed E-state index contributed by atoms with van der Waals surface area (Å²) < 4.78 is 5.33. The third kappa shape index (κ3) is 2.24. The molecule has 7 heteroatoms. The molecule has 0 aromatic carbocycles. The number of carbonyl (C=O) groups is 3. The number of nitrogens with one attached hydrogen (secondary N) is 1. The number of amides is 3. The highest BCUT2D eigenvalue weighted by Gasteiger charge is 2.55. The standard InChI is InChI=1S/C16H23N3O4/c1-23-10-7-12-15(21)18-6-5-11(13(18)16(22)19(12)8-10)17-14(20)9-3-2-4-9/h9-13H,2-8H2,1H3,(H,17,20). The summed E-state index contributed by atoms with van der Waals surface area (Å²) in [4.78, 5) is 41.1. The molecule has 3 saturated heterocycles.